The van der Waals surface area contributed by atoms with E-state index < -0.39 is 5.82 Å². The molecule has 0 aromatic heterocycles. The molecule has 1 heterocycles. The normalized spacial score (nSPS) is 19.5. The molecule has 5 N–H and O–H groups in total. The maximum atomic E-state index is 14.1. The minimum atomic E-state index is -0.525. The second kappa shape index (κ2) is 5.66. The van der Waals surface area contributed by atoms with Crippen LogP contribution in [-0.4, -0.2) is 29.5 Å². The first-order valence-electron chi connectivity index (χ1n) is 5.87. The summed E-state index contributed by atoms with van der Waals surface area (Å²) in [7, 11) is 0. The van der Waals surface area contributed by atoms with Gasteiger partial charge in [-0.1, -0.05) is 17.3 Å². The molecule has 1 fully saturated rings. The summed E-state index contributed by atoms with van der Waals surface area (Å²) in [5.41, 5.74) is 5.85. The Hall–Kier alpha value is -2.15. The highest BCUT2D eigenvalue weighted by molar-refractivity contribution is 5.97. The van der Waals surface area contributed by atoms with Gasteiger partial charge in [0, 0.05) is 31.1 Å². The molecule has 1 aliphatic rings. The van der Waals surface area contributed by atoms with Crippen molar-refractivity contribution in [2.45, 2.75) is 19.0 Å². The Labute approximate surface area is 109 Å². The number of carbonyl (C=O) groups is 1. The molecule has 19 heavy (non-hydrogen) atoms. The molecule has 102 valence electrons. The highest BCUT2D eigenvalue weighted by Crippen LogP contribution is 2.13. The molecule has 7 heteroatoms. The standard InChI is InChI=1S/C12H15FN4O2/c13-11-7(2-1-3-9(11)12(14)17-19)5-15-8-4-10(18)16-6-8/h1-3,8,15,19H,4-6H2,(H2,14,17)(H,16,18). The zero-order chi connectivity index (χ0) is 13.8. The zero-order valence-corrected chi connectivity index (χ0v) is 10.2. The SMILES string of the molecule is N/C(=N/O)c1cccc(CNC2CNC(=O)C2)c1F. The predicted molar refractivity (Wildman–Crippen MR) is 67.2 cm³/mol. The molecule has 6 nitrogen and oxygen atoms in total. The maximum absolute atomic E-state index is 14.1. The van der Waals surface area contributed by atoms with Crippen molar-refractivity contribution in [3.05, 3.63) is 35.1 Å². The summed E-state index contributed by atoms with van der Waals surface area (Å²) in [5, 5.41) is 17.1. The van der Waals surface area contributed by atoms with Crippen molar-refractivity contribution in [3.63, 3.8) is 0 Å². The summed E-state index contributed by atoms with van der Waals surface area (Å²) in [4.78, 5) is 11.0. The van der Waals surface area contributed by atoms with Crippen molar-refractivity contribution in [1.82, 2.24) is 10.6 Å². The number of nitrogens with two attached hydrogens (primary N) is 1. The number of halogens is 1. The largest absolute Gasteiger partial charge is 0.409 e. The van der Waals surface area contributed by atoms with E-state index in [4.69, 9.17) is 10.9 Å². The van der Waals surface area contributed by atoms with E-state index in [9.17, 15) is 9.18 Å². The lowest BCUT2D eigenvalue weighted by molar-refractivity contribution is -0.119. The maximum Gasteiger partial charge on any atom is 0.221 e. The monoisotopic (exact) mass is 266 g/mol. The molecule has 0 radical (unpaired) electrons. The summed E-state index contributed by atoms with van der Waals surface area (Å²) < 4.78 is 14.1. The van der Waals surface area contributed by atoms with Crippen molar-refractivity contribution in [3.8, 4) is 0 Å². The number of carbonyl (C=O) groups excluding carboxylic acids is 1. The van der Waals surface area contributed by atoms with Crippen LogP contribution in [0.2, 0.25) is 0 Å². The average Bonchev–Trinajstić information content (AvgIpc) is 2.82. The van der Waals surface area contributed by atoms with E-state index in [-0.39, 0.29) is 29.9 Å². The number of amidine groups is 1. The van der Waals surface area contributed by atoms with Crippen LogP contribution in [0.4, 0.5) is 4.39 Å². The summed E-state index contributed by atoms with van der Waals surface area (Å²) in [5.74, 6) is -0.803. The quantitative estimate of drug-likeness (QED) is 0.264. The number of nitrogens with zero attached hydrogens (tertiary/aromatic N) is 1. The van der Waals surface area contributed by atoms with Crippen LogP contribution >= 0.6 is 0 Å². The Morgan fingerprint density at radius 3 is 3.05 bits per heavy atom. The van der Waals surface area contributed by atoms with Crippen molar-refractivity contribution in [2.24, 2.45) is 10.9 Å². The molecule has 1 aliphatic heterocycles. The Kier molecular flexibility index (Phi) is 3.96. The van der Waals surface area contributed by atoms with Gasteiger partial charge in [0.1, 0.15) is 5.82 Å². The van der Waals surface area contributed by atoms with Gasteiger partial charge in [0.05, 0.1) is 5.56 Å². The number of hydrogen-bond acceptors (Lipinski definition) is 4. The molecule has 1 saturated heterocycles. The molecule has 0 bridgehead atoms. The highest BCUT2D eigenvalue weighted by Gasteiger charge is 2.21. The Morgan fingerprint density at radius 2 is 2.42 bits per heavy atom. The van der Waals surface area contributed by atoms with Crippen LogP contribution in [0.25, 0.3) is 0 Å². The van der Waals surface area contributed by atoms with Gasteiger partial charge in [-0.25, -0.2) is 4.39 Å². The van der Waals surface area contributed by atoms with Crippen LogP contribution in [0.1, 0.15) is 17.5 Å². The first kappa shape index (κ1) is 13.3. The van der Waals surface area contributed by atoms with Gasteiger partial charge in [0.25, 0.3) is 0 Å². The number of rotatable bonds is 4. The molecule has 1 unspecified atom stereocenters. The van der Waals surface area contributed by atoms with Gasteiger partial charge in [-0.3, -0.25) is 4.79 Å². The van der Waals surface area contributed by atoms with Crippen molar-refractivity contribution in [2.75, 3.05) is 6.54 Å². The van der Waals surface area contributed by atoms with Crippen molar-refractivity contribution >= 4 is 11.7 Å². The highest BCUT2D eigenvalue weighted by atomic mass is 19.1. The van der Waals surface area contributed by atoms with Crippen LogP contribution < -0.4 is 16.4 Å². The summed E-state index contributed by atoms with van der Waals surface area (Å²) in [6.45, 7) is 0.818. The molecule has 2 rings (SSSR count). The van der Waals surface area contributed by atoms with Crippen LogP contribution in [-0.2, 0) is 11.3 Å². The number of amides is 1. The number of hydrogen-bond donors (Lipinski definition) is 4. The van der Waals surface area contributed by atoms with E-state index in [2.05, 4.69) is 15.8 Å². The minimum absolute atomic E-state index is 0.000544. The Balaban J connectivity index is 2.06. The second-order valence-electron chi connectivity index (χ2n) is 4.35. The lowest BCUT2D eigenvalue weighted by Gasteiger charge is -2.12. The van der Waals surface area contributed by atoms with Gasteiger partial charge in [-0.15, -0.1) is 0 Å². The third-order valence-electron chi connectivity index (χ3n) is 3.02. The molecule has 0 spiro atoms. The third kappa shape index (κ3) is 3.00. The lowest BCUT2D eigenvalue weighted by atomic mass is 10.1. The molecule has 0 saturated carbocycles. The van der Waals surface area contributed by atoms with Crippen molar-refractivity contribution < 1.29 is 14.4 Å². The number of benzene rings is 1. The summed E-state index contributed by atoms with van der Waals surface area (Å²) in [6.07, 6.45) is 0.390. The molecular weight excluding hydrogens is 251 g/mol. The van der Waals surface area contributed by atoms with Gasteiger partial charge in [0.15, 0.2) is 5.84 Å². The predicted octanol–water partition coefficient (Wildman–Crippen LogP) is -0.102. The van der Waals surface area contributed by atoms with E-state index in [1.807, 2.05) is 0 Å². The first-order valence-corrected chi connectivity index (χ1v) is 5.87. The molecule has 1 atom stereocenters. The lowest BCUT2D eigenvalue weighted by Crippen LogP contribution is -2.31. The van der Waals surface area contributed by atoms with Gasteiger partial charge >= 0.3 is 0 Å². The van der Waals surface area contributed by atoms with Crippen LogP contribution in [0.3, 0.4) is 0 Å². The smallest absolute Gasteiger partial charge is 0.221 e. The zero-order valence-electron chi connectivity index (χ0n) is 10.2. The van der Waals surface area contributed by atoms with E-state index in [1.54, 1.807) is 12.1 Å². The van der Waals surface area contributed by atoms with Crippen LogP contribution in [0, 0.1) is 5.82 Å². The topological polar surface area (TPSA) is 99.7 Å². The molecular formula is C12H15FN4O2. The van der Waals surface area contributed by atoms with E-state index in [1.165, 1.54) is 6.07 Å². The summed E-state index contributed by atoms with van der Waals surface area (Å²) in [6, 6.07) is 4.68. The van der Waals surface area contributed by atoms with Crippen LogP contribution in [0.15, 0.2) is 23.4 Å². The molecule has 1 amide bonds. The fraction of sp³-hybridized carbons (Fsp3) is 0.333. The molecule has 0 aliphatic carbocycles. The van der Waals surface area contributed by atoms with Crippen molar-refractivity contribution in [1.29, 1.82) is 0 Å². The summed E-state index contributed by atoms with van der Waals surface area (Å²) >= 11 is 0. The number of nitrogens with one attached hydrogen (secondary N) is 2. The number of oxime groups is 1. The molecule has 1 aromatic rings. The van der Waals surface area contributed by atoms with Crippen LogP contribution in [0.5, 0.6) is 0 Å². The van der Waals surface area contributed by atoms with E-state index in [0.717, 1.165) is 0 Å². The van der Waals surface area contributed by atoms with E-state index in [0.29, 0.717) is 18.5 Å². The van der Waals surface area contributed by atoms with E-state index >= 15 is 0 Å². The minimum Gasteiger partial charge on any atom is -0.409 e. The van der Waals surface area contributed by atoms with Gasteiger partial charge in [-0.2, -0.15) is 0 Å². The molecule has 1 aromatic carbocycles. The fourth-order valence-electron chi connectivity index (χ4n) is 1.97. The van der Waals surface area contributed by atoms with Gasteiger partial charge in [0.2, 0.25) is 5.91 Å². The van der Waals surface area contributed by atoms with Gasteiger partial charge < -0.3 is 21.6 Å². The second-order valence-corrected chi connectivity index (χ2v) is 4.35. The Morgan fingerprint density at radius 1 is 1.63 bits per heavy atom. The average molecular weight is 266 g/mol. The van der Waals surface area contributed by atoms with Gasteiger partial charge in [-0.05, 0) is 6.07 Å². The first-order chi connectivity index (χ1) is 9.11. The fourth-order valence-corrected chi connectivity index (χ4v) is 1.97. The third-order valence-corrected chi connectivity index (χ3v) is 3.02. The Bertz CT molecular complexity index is 518.